The highest BCUT2D eigenvalue weighted by atomic mass is 35.5. The Morgan fingerprint density at radius 3 is 2.60 bits per heavy atom. The topological polar surface area (TPSA) is 45.5 Å². The number of aromatic nitrogens is 1. The van der Waals surface area contributed by atoms with Gasteiger partial charge in [-0.05, 0) is 79.6 Å². The highest BCUT2D eigenvalue weighted by Gasteiger charge is 2.27. The van der Waals surface area contributed by atoms with E-state index in [0.717, 1.165) is 48.1 Å². The zero-order valence-corrected chi connectivity index (χ0v) is 17.9. The summed E-state index contributed by atoms with van der Waals surface area (Å²) in [6.07, 6.45) is 1.65. The summed E-state index contributed by atoms with van der Waals surface area (Å²) in [5, 5.41) is 10.4. The van der Waals surface area contributed by atoms with Crippen LogP contribution in [0.15, 0.2) is 41.3 Å². The molecule has 0 spiro atoms. The number of aliphatic carboxylic acids is 1. The first-order chi connectivity index (χ1) is 14.3. The van der Waals surface area contributed by atoms with Crippen LogP contribution in [0.25, 0.3) is 10.9 Å². The third-order valence-electron chi connectivity index (χ3n) is 5.61. The summed E-state index contributed by atoms with van der Waals surface area (Å²) < 4.78 is 31.9. The molecule has 1 N–H and O–H groups in total. The van der Waals surface area contributed by atoms with Crippen LogP contribution in [0.2, 0.25) is 5.02 Å². The van der Waals surface area contributed by atoms with Crippen molar-refractivity contribution in [3.63, 3.8) is 0 Å². The first kappa shape index (κ1) is 21.2. The Morgan fingerprint density at radius 2 is 1.93 bits per heavy atom. The molecule has 1 fully saturated rings. The van der Waals surface area contributed by atoms with E-state index in [2.05, 4.69) is 4.31 Å². The molecule has 1 aliphatic rings. The predicted molar refractivity (Wildman–Crippen MR) is 115 cm³/mol. The van der Waals surface area contributed by atoms with Gasteiger partial charge in [-0.15, -0.1) is 0 Å². The molecule has 1 saturated heterocycles. The quantitative estimate of drug-likeness (QED) is 0.495. The van der Waals surface area contributed by atoms with Gasteiger partial charge in [0.1, 0.15) is 18.2 Å². The Kier molecular flexibility index (Phi) is 6.04. The van der Waals surface area contributed by atoms with Crippen LogP contribution in [0.4, 0.5) is 8.78 Å². The van der Waals surface area contributed by atoms with Gasteiger partial charge in [0.2, 0.25) is 0 Å². The highest BCUT2D eigenvalue weighted by Crippen LogP contribution is 2.40. The molecule has 8 heteroatoms. The molecule has 0 bridgehead atoms. The highest BCUT2D eigenvalue weighted by molar-refractivity contribution is 7.97. The smallest absolute Gasteiger partial charge is 0.323 e. The fraction of sp³-hybridized carbons (Fsp3) is 0.318. The number of carbonyl (C=O) groups is 1. The van der Waals surface area contributed by atoms with Crippen molar-refractivity contribution in [2.24, 2.45) is 0 Å². The van der Waals surface area contributed by atoms with Crippen molar-refractivity contribution < 1.29 is 18.7 Å². The first-order valence-corrected chi connectivity index (χ1v) is 10.9. The number of carboxylic acid groups (broad SMARTS) is 1. The van der Waals surface area contributed by atoms with Crippen LogP contribution >= 0.6 is 23.5 Å². The maximum absolute atomic E-state index is 14.1. The lowest BCUT2D eigenvalue weighted by Crippen LogP contribution is -2.28. The van der Waals surface area contributed by atoms with Crippen LogP contribution in [0.3, 0.4) is 0 Å². The number of nitrogens with zero attached hydrogens (tertiary/aromatic N) is 2. The molecule has 1 aliphatic heterocycles. The van der Waals surface area contributed by atoms with Crippen LogP contribution in [-0.4, -0.2) is 33.0 Å². The number of rotatable bonds is 5. The average Bonchev–Trinajstić information content (AvgIpc) is 2.95. The number of hydrogen-bond donors (Lipinski definition) is 1. The molecule has 3 aromatic rings. The van der Waals surface area contributed by atoms with Crippen molar-refractivity contribution in [3.05, 3.63) is 64.3 Å². The molecule has 2 heterocycles. The van der Waals surface area contributed by atoms with Gasteiger partial charge >= 0.3 is 5.97 Å². The lowest BCUT2D eigenvalue weighted by molar-refractivity contribution is -0.137. The molecule has 0 radical (unpaired) electrons. The minimum Gasteiger partial charge on any atom is -0.480 e. The van der Waals surface area contributed by atoms with Gasteiger partial charge in [0, 0.05) is 34.7 Å². The first-order valence-electron chi connectivity index (χ1n) is 9.71. The summed E-state index contributed by atoms with van der Waals surface area (Å²) in [6.45, 7) is 3.24. The van der Waals surface area contributed by atoms with E-state index in [1.165, 1.54) is 30.1 Å². The van der Waals surface area contributed by atoms with E-state index in [-0.39, 0.29) is 24.1 Å². The molecule has 0 unspecified atom stereocenters. The Bertz CT molecular complexity index is 1110. The van der Waals surface area contributed by atoms with Crippen molar-refractivity contribution >= 4 is 40.4 Å². The number of carboxylic acids is 1. The summed E-state index contributed by atoms with van der Waals surface area (Å²) in [5.41, 5.74) is 2.63. The summed E-state index contributed by atoms with van der Waals surface area (Å²) in [6, 6.07) is 9.18. The van der Waals surface area contributed by atoms with Gasteiger partial charge in [-0.3, -0.25) is 4.79 Å². The molecule has 2 aromatic carbocycles. The molecular formula is C22H21ClF2N2O2S. The van der Waals surface area contributed by atoms with Crippen LogP contribution in [0.5, 0.6) is 0 Å². The zero-order chi connectivity index (χ0) is 21.4. The zero-order valence-electron chi connectivity index (χ0n) is 16.4. The molecule has 0 aliphatic carbocycles. The monoisotopic (exact) mass is 450 g/mol. The van der Waals surface area contributed by atoms with Crippen LogP contribution < -0.4 is 0 Å². The molecule has 1 aromatic heterocycles. The third-order valence-corrected chi connectivity index (χ3v) is 7.00. The van der Waals surface area contributed by atoms with Crippen molar-refractivity contribution in [1.82, 2.24) is 8.87 Å². The maximum Gasteiger partial charge on any atom is 0.323 e. The second-order valence-corrected chi connectivity index (χ2v) is 9.08. The lowest BCUT2D eigenvalue weighted by atomic mass is 9.88. The fourth-order valence-electron chi connectivity index (χ4n) is 4.26. The number of benzene rings is 2. The number of hydrogen-bond acceptors (Lipinski definition) is 3. The van der Waals surface area contributed by atoms with Crippen LogP contribution in [0, 0.1) is 18.6 Å². The van der Waals surface area contributed by atoms with Crippen molar-refractivity contribution in [1.29, 1.82) is 0 Å². The van der Waals surface area contributed by atoms with Crippen molar-refractivity contribution in [2.45, 2.75) is 37.1 Å². The molecule has 30 heavy (non-hydrogen) atoms. The van der Waals surface area contributed by atoms with E-state index in [1.807, 2.05) is 6.92 Å². The maximum atomic E-state index is 14.1. The SMILES string of the molecule is Cc1c(C2CCN(Sc3ccc(Cl)cc3F)CC2)c2cc(F)ccc2n1CC(=O)O. The van der Waals surface area contributed by atoms with Gasteiger partial charge in [0.05, 0.1) is 4.90 Å². The summed E-state index contributed by atoms with van der Waals surface area (Å²) in [7, 11) is 0. The average molecular weight is 451 g/mol. The van der Waals surface area contributed by atoms with Crippen LogP contribution in [-0.2, 0) is 11.3 Å². The van der Waals surface area contributed by atoms with Crippen molar-refractivity contribution in [3.8, 4) is 0 Å². The fourth-order valence-corrected chi connectivity index (χ4v) is 5.36. The van der Waals surface area contributed by atoms with Crippen LogP contribution in [0.1, 0.15) is 30.0 Å². The van der Waals surface area contributed by atoms with E-state index in [4.69, 9.17) is 11.6 Å². The molecule has 158 valence electrons. The van der Waals surface area contributed by atoms with Gasteiger partial charge < -0.3 is 9.67 Å². The predicted octanol–water partition coefficient (Wildman–Crippen LogP) is 5.85. The van der Waals surface area contributed by atoms with Gasteiger partial charge in [-0.25, -0.2) is 13.1 Å². The van der Waals surface area contributed by atoms with Gasteiger partial charge in [0.15, 0.2) is 0 Å². The Labute approximate surface area is 182 Å². The van der Waals surface area contributed by atoms with E-state index in [0.29, 0.717) is 9.92 Å². The standard InChI is InChI=1S/C22H21ClF2N2O2S/c1-13-22(17-11-16(24)3-4-19(17)27(13)12-21(28)29)14-6-8-26(9-7-14)30-20-5-2-15(23)10-18(20)25/h2-5,10-11,14H,6-9,12H2,1H3,(H,28,29). The Hall–Kier alpha value is -2.09. The summed E-state index contributed by atoms with van der Waals surface area (Å²) in [4.78, 5) is 11.9. The van der Waals surface area contributed by atoms with E-state index in [9.17, 15) is 18.7 Å². The molecule has 4 rings (SSSR count). The number of fused-ring (bicyclic) bond motifs is 1. The molecule has 0 amide bonds. The van der Waals surface area contributed by atoms with E-state index < -0.39 is 5.97 Å². The second-order valence-electron chi connectivity index (χ2n) is 7.51. The minimum atomic E-state index is -0.929. The van der Waals surface area contributed by atoms with Gasteiger partial charge in [0.25, 0.3) is 0 Å². The minimum absolute atomic E-state index is 0.154. The third kappa shape index (κ3) is 4.19. The van der Waals surface area contributed by atoms with Crippen molar-refractivity contribution in [2.75, 3.05) is 13.1 Å². The van der Waals surface area contributed by atoms with E-state index >= 15 is 0 Å². The van der Waals surface area contributed by atoms with Gasteiger partial charge in [-0.2, -0.15) is 0 Å². The Morgan fingerprint density at radius 1 is 1.20 bits per heavy atom. The summed E-state index contributed by atoms with van der Waals surface area (Å²) >= 11 is 7.20. The Balaban J connectivity index is 1.56. The largest absolute Gasteiger partial charge is 0.480 e. The van der Waals surface area contributed by atoms with E-state index in [1.54, 1.807) is 22.8 Å². The van der Waals surface area contributed by atoms with Gasteiger partial charge in [-0.1, -0.05) is 11.6 Å². The molecule has 0 atom stereocenters. The lowest BCUT2D eigenvalue weighted by Gasteiger charge is -2.31. The molecule has 0 saturated carbocycles. The molecule has 4 nitrogen and oxygen atoms in total. The number of halogens is 3. The summed E-state index contributed by atoms with van der Waals surface area (Å²) in [5.74, 6) is -1.40. The normalized spacial score (nSPS) is 15.7. The molecular weight excluding hydrogens is 430 g/mol. The number of piperidine rings is 1. The second kappa shape index (κ2) is 8.57.